The molecular formula is C13H24N2O3S. The Bertz CT molecular complexity index is 384. The summed E-state index contributed by atoms with van der Waals surface area (Å²) >= 11 is 0. The highest BCUT2D eigenvalue weighted by atomic mass is 32.2. The van der Waals surface area contributed by atoms with Crippen LogP contribution in [0.25, 0.3) is 0 Å². The molecule has 19 heavy (non-hydrogen) atoms. The van der Waals surface area contributed by atoms with Gasteiger partial charge in [0.1, 0.15) is 12.1 Å². The second-order valence-electron chi connectivity index (χ2n) is 5.45. The lowest BCUT2D eigenvalue weighted by Gasteiger charge is -2.40. The number of nitrogens with zero attached hydrogens (tertiary/aromatic N) is 1. The van der Waals surface area contributed by atoms with Crippen molar-refractivity contribution in [1.82, 2.24) is 10.2 Å². The normalized spacial score (nSPS) is 27.4. The van der Waals surface area contributed by atoms with Crippen LogP contribution in [0.3, 0.4) is 0 Å². The molecule has 0 aliphatic carbocycles. The van der Waals surface area contributed by atoms with E-state index in [9.17, 15) is 13.8 Å². The second kappa shape index (κ2) is 6.50. The fraction of sp³-hybridized carbons (Fsp3) is 0.846. The van der Waals surface area contributed by atoms with Crippen molar-refractivity contribution in [2.45, 2.75) is 51.4 Å². The molecule has 110 valence electrons. The predicted octanol–water partition coefficient (Wildman–Crippen LogP) is 0.515. The van der Waals surface area contributed by atoms with Gasteiger partial charge in [0.25, 0.3) is 0 Å². The van der Waals surface area contributed by atoms with Crippen LogP contribution in [0.5, 0.6) is 0 Å². The van der Waals surface area contributed by atoms with Gasteiger partial charge in [-0.3, -0.25) is 13.8 Å². The Morgan fingerprint density at radius 2 is 1.89 bits per heavy atom. The van der Waals surface area contributed by atoms with E-state index < -0.39 is 22.9 Å². The smallest absolute Gasteiger partial charge is 0.246 e. The molecule has 2 amide bonds. The molecule has 1 N–H and O–H groups in total. The van der Waals surface area contributed by atoms with Crippen LogP contribution >= 0.6 is 0 Å². The molecule has 1 heterocycles. The Balaban J connectivity index is 2.96. The van der Waals surface area contributed by atoms with E-state index in [1.165, 1.54) is 0 Å². The van der Waals surface area contributed by atoms with Crippen molar-refractivity contribution in [3.8, 4) is 0 Å². The number of nitrogens with one attached hydrogen (secondary N) is 1. The maximum absolute atomic E-state index is 12.5. The summed E-state index contributed by atoms with van der Waals surface area (Å²) in [5.74, 6) is -0.104. The molecule has 1 aliphatic heterocycles. The van der Waals surface area contributed by atoms with Gasteiger partial charge in [-0.2, -0.15) is 0 Å². The first-order chi connectivity index (χ1) is 8.79. The zero-order chi connectivity index (χ0) is 14.7. The van der Waals surface area contributed by atoms with E-state index in [1.54, 1.807) is 11.2 Å². The average Bonchev–Trinajstić information content (AvgIpc) is 2.32. The molecule has 0 saturated carbocycles. The quantitative estimate of drug-likeness (QED) is 0.802. The molecule has 0 spiro atoms. The summed E-state index contributed by atoms with van der Waals surface area (Å²) in [5, 5.41) is 2.66. The Morgan fingerprint density at radius 3 is 2.32 bits per heavy atom. The van der Waals surface area contributed by atoms with Crippen LogP contribution < -0.4 is 5.32 Å². The molecule has 0 bridgehead atoms. The molecule has 6 heteroatoms. The van der Waals surface area contributed by atoms with E-state index in [0.29, 0.717) is 13.0 Å². The van der Waals surface area contributed by atoms with Gasteiger partial charge >= 0.3 is 0 Å². The fourth-order valence-electron chi connectivity index (χ4n) is 2.24. The predicted molar refractivity (Wildman–Crippen MR) is 76.1 cm³/mol. The van der Waals surface area contributed by atoms with E-state index in [-0.39, 0.29) is 23.0 Å². The van der Waals surface area contributed by atoms with E-state index in [0.717, 1.165) is 0 Å². The van der Waals surface area contributed by atoms with Crippen molar-refractivity contribution in [3.63, 3.8) is 0 Å². The summed E-state index contributed by atoms with van der Waals surface area (Å²) in [5.41, 5.74) is 0. The summed E-state index contributed by atoms with van der Waals surface area (Å²) in [4.78, 5) is 26.1. The van der Waals surface area contributed by atoms with Gasteiger partial charge in [-0.1, -0.05) is 20.8 Å². The maximum Gasteiger partial charge on any atom is 0.246 e. The van der Waals surface area contributed by atoms with E-state index in [4.69, 9.17) is 0 Å². The molecule has 4 atom stereocenters. The SMILES string of the molecule is CCC1C(=O)NC(C(C)C)C(=O)N1CC(C)S(C)=O. The molecule has 1 saturated heterocycles. The van der Waals surface area contributed by atoms with Crippen molar-refractivity contribution < 1.29 is 13.8 Å². The van der Waals surface area contributed by atoms with Gasteiger partial charge in [0.2, 0.25) is 11.8 Å². The summed E-state index contributed by atoms with van der Waals surface area (Å²) in [7, 11) is -1.00. The Labute approximate surface area is 117 Å². The third kappa shape index (κ3) is 3.55. The van der Waals surface area contributed by atoms with Gasteiger partial charge in [-0.15, -0.1) is 0 Å². The minimum absolute atomic E-state index is 0.0548. The molecule has 4 unspecified atom stereocenters. The molecule has 1 fully saturated rings. The molecule has 5 nitrogen and oxygen atoms in total. The first kappa shape index (κ1) is 16.1. The van der Waals surface area contributed by atoms with Crippen molar-refractivity contribution in [2.75, 3.05) is 12.8 Å². The minimum Gasteiger partial charge on any atom is -0.342 e. The van der Waals surface area contributed by atoms with Crippen LogP contribution in [-0.2, 0) is 20.4 Å². The summed E-state index contributed by atoms with van der Waals surface area (Å²) in [6, 6.07) is -0.902. The van der Waals surface area contributed by atoms with Crippen LogP contribution in [0.15, 0.2) is 0 Å². The number of rotatable bonds is 5. The van der Waals surface area contributed by atoms with Gasteiger partial charge in [-0.25, -0.2) is 0 Å². The molecule has 0 aromatic carbocycles. The molecule has 1 rings (SSSR count). The fourth-order valence-corrected chi connectivity index (χ4v) is 2.61. The van der Waals surface area contributed by atoms with Gasteiger partial charge in [-0.05, 0) is 19.3 Å². The first-order valence-corrected chi connectivity index (χ1v) is 8.34. The number of hydrogen-bond donors (Lipinski definition) is 1. The van der Waals surface area contributed by atoms with Crippen molar-refractivity contribution >= 4 is 22.6 Å². The summed E-state index contributed by atoms with van der Waals surface area (Å²) < 4.78 is 11.5. The molecular weight excluding hydrogens is 264 g/mol. The van der Waals surface area contributed by atoms with Crippen molar-refractivity contribution in [2.24, 2.45) is 5.92 Å². The number of amides is 2. The highest BCUT2D eigenvalue weighted by molar-refractivity contribution is 7.84. The summed E-state index contributed by atoms with van der Waals surface area (Å²) in [6.45, 7) is 7.92. The molecule has 0 radical (unpaired) electrons. The van der Waals surface area contributed by atoms with Gasteiger partial charge in [0, 0.05) is 28.9 Å². The standard InChI is InChI=1S/C13H24N2O3S/c1-6-10-12(16)14-11(8(2)3)13(17)15(10)7-9(4)19(5)18/h8-11H,6-7H2,1-5H3,(H,14,16). The highest BCUT2D eigenvalue weighted by Crippen LogP contribution is 2.18. The highest BCUT2D eigenvalue weighted by Gasteiger charge is 2.41. The second-order valence-corrected chi connectivity index (χ2v) is 7.26. The number of carbonyl (C=O) groups excluding carboxylic acids is 2. The third-order valence-electron chi connectivity index (χ3n) is 3.60. The van der Waals surface area contributed by atoms with E-state index in [2.05, 4.69) is 5.32 Å². The average molecular weight is 288 g/mol. The first-order valence-electron chi connectivity index (χ1n) is 6.72. The minimum atomic E-state index is -1.00. The van der Waals surface area contributed by atoms with Gasteiger partial charge in [0.15, 0.2) is 0 Å². The summed E-state index contributed by atoms with van der Waals surface area (Å²) in [6.07, 6.45) is 2.20. The zero-order valence-corrected chi connectivity index (χ0v) is 13.1. The Kier molecular flexibility index (Phi) is 5.52. The van der Waals surface area contributed by atoms with Crippen LogP contribution in [0.4, 0.5) is 0 Å². The largest absolute Gasteiger partial charge is 0.342 e. The number of piperazine rings is 1. The third-order valence-corrected chi connectivity index (χ3v) is 4.88. The number of carbonyl (C=O) groups is 2. The van der Waals surface area contributed by atoms with Crippen molar-refractivity contribution in [3.05, 3.63) is 0 Å². The van der Waals surface area contributed by atoms with Gasteiger partial charge in [0.05, 0.1) is 0 Å². The monoisotopic (exact) mass is 288 g/mol. The Hall–Kier alpha value is -0.910. The topological polar surface area (TPSA) is 66.5 Å². The molecule has 0 aromatic rings. The number of hydrogen-bond acceptors (Lipinski definition) is 3. The van der Waals surface area contributed by atoms with Crippen LogP contribution in [0, 0.1) is 5.92 Å². The van der Waals surface area contributed by atoms with E-state index in [1.807, 2.05) is 27.7 Å². The lowest BCUT2D eigenvalue weighted by Crippen LogP contribution is -2.65. The van der Waals surface area contributed by atoms with Crippen LogP contribution in [0.1, 0.15) is 34.1 Å². The lowest BCUT2D eigenvalue weighted by atomic mass is 9.97. The zero-order valence-electron chi connectivity index (χ0n) is 12.3. The molecule has 0 aromatic heterocycles. The molecule has 1 aliphatic rings. The maximum atomic E-state index is 12.5. The van der Waals surface area contributed by atoms with E-state index >= 15 is 0 Å². The Morgan fingerprint density at radius 1 is 1.32 bits per heavy atom. The van der Waals surface area contributed by atoms with Crippen LogP contribution in [-0.4, -0.2) is 51.1 Å². The van der Waals surface area contributed by atoms with Gasteiger partial charge < -0.3 is 10.2 Å². The lowest BCUT2D eigenvalue weighted by molar-refractivity contribution is -0.150. The van der Waals surface area contributed by atoms with Crippen LogP contribution in [0.2, 0.25) is 0 Å². The van der Waals surface area contributed by atoms with Crippen molar-refractivity contribution in [1.29, 1.82) is 0 Å².